The highest BCUT2D eigenvalue weighted by atomic mass is 19.1. The molecule has 0 heterocycles. The second-order valence-electron chi connectivity index (χ2n) is 5.11. The van der Waals surface area contributed by atoms with Crippen molar-refractivity contribution in [3.05, 3.63) is 29.8 Å². The molecule has 0 radical (unpaired) electrons. The van der Waals surface area contributed by atoms with E-state index in [9.17, 15) is 13.6 Å². The summed E-state index contributed by atoms with van der Waals surface area (Å²) < 4.78 is 37.3. The molecule has 2 unspecified atom stereocenters. The van der Waals surface area contributed by atoms with Crippen molar-refractivity contribution in [3.8, 4) is 5.75 Å². The monoisotopic (exact) mass is 299 g/mol. The van der Waals surface area contributed by atoms with Crippen LogP contribution in [0.25, 0.3) is 0 Å². The first-order valence-electron chi connectivity index (χ1n) is 6.98. The normalized spacial score (nSPS) is 24.9. The first kappa shape index (κ1) is 15.7. The molecule has 6 heteroatoms. The van der Waals surface area contributed by atoms with Crippen molar-refractivity contribution in [1.29, 1.82) is 0 Å². The molecule has 0 bridgehead atoms. The van der Waals surface area contributed by atoms with Gasteiger partial charge in [-0.15, -0.1) is 0 Å². The number of rotatable bonds is 5. The van der Waals surface area contributed by atoms with Crippen molar-refractivity contribution in [1.82, 2.24) is 5.32 Å². The van der Waals surface area contributed by atoms with Gasteiger partial charge in [0, 0.05) is 12.5 Å². The molecule has 4 nitrogen and oxygen atoms in total. The highest BCUT2D eigenvalue weighted by molar-refractivity contribution is 5.81. The first-order chi connectivity index (χ1) is 10.0. The summed E-state index contributed by atoms with van der Waals surface area (Å²) in [6.45, 7) is 2.04. The molecule has 0 aliphatic heterocycles. The van der Waals surface area contributed by atoms with Crippen molar-refractivity contribution in [3.63, 3.8) is 0 Å². The zero-order valence-electron chi connectivity index (χ0n) is 12.1. The van der Waals surface area contributed by atoms with Crippen LogP contribution in [0.2, 0.25) is 0 Å². The Morgan fingerprint density at radius 3 is 2.90 bits per heavy atom. The first-order valence-corrected chi connectivity index (χ1v) is 6.98. The number of hydrogen-bond acceptors (Lipinski definition) is 4. The Labute approximate surface area is 122 Å². The summed E-state index contributed by atoms with van der Waals surface area (Å²) in [7, 11) is 1.68. The lowest BCUT2D eigenvalue weighted by Crippen LogP contribution is -2.49. The SMILES string of the molecule is CCOC(=O)C1(NC)CCC(Oc2cc(F)ccc2F)C1. The van der Waals surface area contributed by atoms with Crippen LogP contribution in [0, 0.1) is 11.6 Å². The number of esters is 1. The molecule has 1 aromatic carbocycles. The van der Waals surface area contributed by atoms with Crippen LogP contribution in [0.5, 0.6) is 5.75 Å². The van der Waals surface area contributed by atoms with Gasteiger partial charge >= 0.3 is 5.97 Å². The number of halogens is 2. The van der Waals surface area contributed by atoms with Gasteiger partial charge < -0.3 is 14.8 Å². The van der Waals surface area contributed by atoms with E-state index < -0.39 is 17.2 Å². The Hall–Kier alpha value is -1.69. The Kier molecular flexibility index (Phi) is 4.77. The maximum atomic E-state index is 13.6. The zero-order chi connectivity index (χ0) is 15.5. The fraction of sp³-hybridized carbons (Fsp3) is 0.533. The summed E-state index contributed by atoms with van der Waals surface area (Å²) >= 11 is 0. The van der Waals surface area contributed by atoms with Crippen LogP contribution in [-0.2, 0) is 9.53 Å². The zero-order valence-corrected chi connectivity index (χ0v) is 12.1. The largest absolute Gasteiger partial charge is 0.487 e. The number of nitrogens with one attached hydrogen (secondary N) is 1. The number of ether oxygens (including phenoxy) is 2. The Morgan fingerprint density at radius 1 is 1.48 bits per heavy atom. The molecule has 0 saturated heterocycles. The van der Waals surface area contributed by atoms with Crippen LogP contribution in [0.1, 0.15) is 26.2 Å². The van der Waals surface area contributed by atoms with Gasteiger partial charge in [-0.2, -0.15) is 0 Å². The molecule has 21 heavy (non-hydrogen) atoms. The minimum absolute atomic E-state index is 0.129. The second kappa shape index (κ2) is 6.39. The number of benzene rings is 1. The van der Waals surface area contributed by atoms with E-state index in [2.05, 4.69) is 5.32 Å². The summed E-state index contributed by atoms with van der Waals surface area (Å²) in [5, 5.41) is 2.98. The third kappa shape index (κ3) is 3.32. The lowest BCUT2D eigenvalue weighted by Gasteiger charge is -2.26. The van der Waals surface area contributed by atoms with E-state index in [1.165, 1.54) is 0 Å². The predicted octanol–water partition coefficient (Wildman–Crippen LogP) is 2.42. The van der Waals surface area contributed by atoms with Crippen LogP contribution in [0.3, 0.4) is 0 Å². The summed E-state index contributed by atoms with van der Waals surface area (Å²) in [6.07, 6.45) is 1.09. The van der Waals surface area contributed by atoms with Gasteiger partial charge in [0.15, 0.2) is 11.6 Å². The van der Waals surface area contributed by atoms with Gasteiger partial charge in [-0.05, 0) is 38.9 Å². The predicted molar refractivity (Wildman–Crippen MR) is 73.0 cm³/mol. The molecular formula is C15H19F2NO3. The lowest BCUT2D eigenvalue weighted by molar-refractivity contribution is -0.151. The van der Waals surface area contributed by atoms with Gasteiger partial charge in [0.05, 0.1) is 6.61 Å². The highest BCUT2D eigenvalue weighted by Crippen LogP contribution is 2.34. The van der Waals surface area contributed by atoms with E-state index in [0.29, 0.717) is 25.9 Å². The molecule has 2 rings (SSSR count). The molecule has 0 amide bonds. The van der Waals surface area contributed by atoms with Crippen molar-refractivity contribution < 1.29 is 23.0 Å². The molecule has 1 saturated carbocycles. The smallest absolute Gasteiger partial charge is 0.326 e. The van der Waals surface area contributed by atoms with Gasteiger partial charge in [0.1, 0.15) is 17.5 Å². The number of hydrogen-bond donors (Lipinski definition) is 1. The highest BCUT2D eigenvalue weighted by Gasteiger charge is 2.46. The Balaban J connectivity index is 2.07. The van der Waals surface area contributed by atoms with Gasteiger partial charge in [0.2, 0.25) is 0 Å². The van der Waals surface area contributed by atoms with Crippen LogP contribution >= 0.6 is 0 Å². The molecule has 1 N–H and O–H groups in total. The Morgan fingerprint density at radius 2 is 2.24 bits per heavy atom. The van der Waals surface area contributed by atoms with Crippen molar-refractivity contribution in [2.24, 2.45) is 0 Å². The average Bonchev–Trinajstić information content (AvgIpc) is 2.88. The van der Waals surface area contributed by atoms with E-state index in [4.69, 9.17) is 9.47 Å². The fourth-order valence-electron chi connectivity index (χ4n) is 2.63. The molecular weight excluding hydrogens is 280 g/mol. The summed E-state index contributed by atoms with van der Waals surface area (Å²) in [6, 6.07) is 3.07. The summed E-state index contributed by atoms with van der Waals surface area (Å²) in [5.74, 6) is -1.64. The molecule has 1 aliphatic rings. The summed E-state index contributed by atoms with van der Waals surface area (Å²) in [4.78, 5) is 12.0. The van der Waals surface area contributed by atoms with Crippen molar-refractivity contribution in [2.75, 3.05) is 13.7 Å². The minimum atomic E-state index is -0.815. The number of carbonyl (C=O) groups excluding carboxylic acids is 1. The van der Waals surface area contributed by atoms with Crippen LogP contribution in [-0.4, -0.2) is 31.3 Å². The van der Waals surface area contributed by atoms with Gasteiger partial charge in [0.25, 0.3) is 0 Å². The number of carbonyl (C=O) groups is 1. The lowest BCUT2D eigenvalue weighted by atomic mass is 9.98. The molecule has 2 atom stereocenters. The van der Waals surface area contributed by atoms with Crippen molar-refractivity contribution >= 4 is 5.97 Å². The van der Waals surface area contributed by atoms with Crippen molar-refractivity contribution in [2.45, 2.75) is 37.8 Å². The van der Waals surface area contributed by atoms with Crippen LogP contribution < -0.4 is 10.1 Å². The van der Waals surface area contributed by atoms with E-state index >= 15 is 0 Å². The maximum Gasteiger partial charge on any atom is 0.326 e. The average molecular weight is 299 g/mol. The molecule has 1 aromatic rings. The molecule has 1 fully saturated rings. The van der Waals surface area contributed by atoms with Gasteiger partial charge in [-0.1, -0.05) is 0 Å². The quantitative estimate of drug-likeness (QED) is 0.848. The third-order valence-electron chi connectivity index (χ3n) is 3.80. The minimum Gasteiger partial charge on any atom is -0.487 e. The second-order valence-corrected chi connectivity index (χ2v) is 5.11. The fourth-order valence-corrected chi connectivity index (χ4v) is 2.63. The number of likely N-dealkylation sites (N-methyl/N-ethyl adjacent to an activating group) is 1. The standard InChI is InChI=1S/C15H19F2NO3/c1-3-20-14(19)15(18-2)7-6-11(9-15)21-13-8-10(16)4-5-12(13)17/h4-5,8,11,18H,3,6-7,9H2,1-2H3. The molecule has 1 aliphatic carbocycles. The molecule has 0 aromatic heterocycles. The van der Waals surface area contributed by atoms with E-state index in [1.807, 2.05) is 0 Å². The summed E-state index contributed by atoms with van der Waals surface area (Å²) in [5.41, 5.74) is -0.815. The Bertz CT molecular complexity index is 524. The molecule has 116 valence electrons. The van der Waals surface area contributed by atoms with Crippen LogP contribution in [0.15, 0.2) is 18.2 Å². The van der Waals surface area contributed by atoms with E-state index in [-0.39, 0.29) is 17.8 Å². The van der Waals surface area contributed by atoms with E-state index in [0.717, 1.165) is 18.2 Å². The maximum absolute atomic E-state index is 13.6. The molecule has 0 spiro atoms. The van der Waals surface area contributed by atoms with Gasteiger partial charge in [-0.3, -0.25) is 4.79 Å². The van der Waals surface area contributed by atoms with Crippen LogP contribution in [0.4, 0.5) is 8.78 Å². The van der Waals surface area contributed by atoms with Gasteiger partial charge in [-0.25, -0.2) is 8.78 Å². The topological polar surface area (TPSA) is 47.6 Å². The third-order valence-corrected chi connectivity index (χ3v) is 3.80. The van der Waals surface area contributed by atoms with E-state index in [1.54, 1.807) is 14.0 Å².